The molecule has 3 heteroatoms. The Labute approximate surface area is 99.7 Å². The highest BCUT2D eigenvalue weighted by Crippen LogP contribution is 2.23. The Morgan fingerprint density at radius 2 is 1.60 bits per heavy atom. The molecule has 0 fully saturated rings. The normalized spacial score (nSPS) is 10.1. The third-order valence-electron chi connectivity index (χ3n) is 2.26. The van der Waals surface area contributed by atoms with Crippen molar-refractivity contribution in [3.05, 3.63) is 23.8 Å². The minimum atomic E-state index is 0.864. The molecule has 2 nitrogen and oxygen atoms in total. The van der Waals surface area contributed by atoms with E-state index < -0.39 is 0 Å². The molecule has 1 aromatic carbocycles. The van der Waals surface area contributed by atoms with Gasteiger partial charge in [0.2, 0.25) is 0 Å². The summed E-state index contributed by atoms with van der Waals surface area (Å²) in [6.07, 6.45) is 3.44. The van der Waals surface area contributed by atoms with Crippen molar-refractivity contribution in [2.24, 2.45) is 0 Å². The van der Waals surface area contributed by atoms with Crippen molar-refractivity contribution in [2.45, 2.75) is 19.3 Å². The first-order chi connectivity index (χ1) is 7.30. The number of alkyl halides is 1. The number of halogens is 1. The topological polar surface area (TPSA) is 18.5 Å². The van der Waals surface area contributed by atoms with Gasteiger partial charge in [0.05, 0.1) is 14.2 Å². The number of rotatable bonds is 6. The van der Waals surface area contributed by atoms with Crippen LogP contribution in [0.3, 0.4) is 0 Å². The van der Waals surface area contributed by atoms with E-state index in [-0.39, 0.29) is 0 Å². The van der Waals surface area contributed by atoms with Gasteiger partial charge in [-0.2, -0.15) is 0 Å². The van der Waals surface area contributed by atoms with Crippen molar-refractivity contribution in [3.63, 3.8) is 0 Å². The Morgan fingerprint density at radius 3 is 2.07 bits per heavy atom. The van der Waals surface area contributed by atoms with Crippen molar-refractivity contribution in [2.75, 3.05) is 19.5 Å². The largest absolute Gasteiger partial charge is 0.497 e. The fraction of sp³-hybridized carbons (Fsp3) is 0.500. The third-order valence-corrected chi connectivity index (χ3v) is 2.82. The Morgan fingerprint density at radius 1 is 1.00 bits per heavy atom. The number of methoxy groups -OCH3 is 2. The minimum Gasteiger partial charge on any atom is -0.497 e. The molecule has 1 aromatic rings. The quantitative estimate of drug-likeness (QED) is 0.584. The number of unbranched alkanes of at least 4 members (excludes halogenated alkanes) is 1. The highest BCUT2D eigenvalue weighted by Gasteiger charge is 2.01. The van der Waals surface area contributed by atoms with Gasteiger partial charge in [0.1, 0.15) is 11.5 Å². The van der Waals surface area contributed by atoms with Crippen LogP contribution >= 0.6 is 15.9 Å². The molecule has 84 valence electrons. The molecule has 0 amide bonds. The lowest BCUT2D eigenvalue weighted by molar-refractivity contribution is 0.393. The molecule has 0 N–H and O–H groups in total. The second-order valence-corrected chi connectivity index (χ2v) is 4.16. The third kappa shape index (κ3) is 4.12. The van der Waals surface area contributed by atoms with Crippen LogP contribution in [0.25, 0.3) is 0 Å². The summed E-state index contributed by atoms with van der Waals surface area (Å²) in [5.41, 5.74) is 1.27. The minimum absolute atomic E-state index is 0.864. The molecule has 0 aliphatic heterocycles. The molecule has 0 aliphatic rings. The molecule has 0 atom stereocenters. The van der Waals surface area contributed by atoms with Crippen LogP contribution in [0, 0.1) is 0 Å². The lowest BCUT2D eigenvalue weighted by atomic mass is 10.1. The lowest BCUT2D eigenvalue weighted by Crippen LogP contribution is -1.92. The van der Waals surface area contributed by atoms with Crippen LogP contribution in [0.1, 0.15) is 18.4 Å². The van der Waals surface area contributed by atoms with Gasteiger partial charge in [-0.15, -0.1) is 0 Å². The van der Waals surface area contributed by atoms with Crippen molar-refractivity contribution in [1.29, 1.82) is 0 Å². The first-order valence-corrected chi connectivity index (χ1v) is 6.20. The smallest absolute Gasteiger partial charge is 0.122 e. The Balaban J connectivity index is 2.68. The van der Waals surface area contributed by atoms with Crippen molar-refractivity contribution >= 4 is 15.9 Å². The van der Waals surface area contributed by atoms with Crippen LogP contribution in [0.2, 0.25) is 0 Å². The Bertz CT molecular complexity index is 277. The van der Waals surface area contributed by atoms with Crippen LogP contribution in [-0.2, 0) is 6.42 Å². The molecular weight excluding hydrogens is 256 g/mol. The standard InChI is InChI=1S/C12H17BrO2/c1-14-11-7-10(5-3-4-6-13)8-12(9-11)15-2/h7-9H,3-6H2,1-2H3. The Hall–Kier alpha value is -0.700. The van der Waals surface area contributed by atoms with Crippen LogP contribution in [-0.4, -0.2) is 19.5 Å². The number of benzene rings is 1. The molecule has 0 heterocycles. The molecule has 1 rings (SSSR count). The molecule has 0 saturated carbocycles. The van der Waals surface area contributed by atoms with Gasteiger partial charge in [-0.1, -0.05) is 15.9 Å². The first kappa shape index (κ1) is 12.4. The van der Waals surface area contributed by atoms with Gasteiger partial charge in [-0.25, -0.2) is 0 Å². The summed E-state index contributed by atoms with van der Waals surface area (Å²) in [6.45, 7) is 0. The molecular formula is C12H17BrO2. The molecule has 0 aromatic heterocycles. The van der Waals surface area contributed by atoms with Gasteiger partial charge in [0.15, 0.2) is 0 Å². The van der Waals surface area contributed by atoms with E-state index in [2.05, 4.69) is 28.1 Å². The molecule has 15 heavy (non-hydrogen) atoms. The average molecular weight is 273 g/mol. The van der Waals surface area contributed by atoms with E-state index in [9.17, 15) is 0 Å². The SMILES string of the molecule is COc1cc(CCCCBr)cc(OC)c1. The number of hydrogen-bond donors (Lipinski definition) is 0. The van der Waals surface area contributed by atoms with E-state index in [1.165, 1.54) is 18.4 Å². The zero-order valence-electron chi connectivity index (χ0n) is 9.25. The summed E-state index contributed by atoms with van der Waals surface area (Å²) in [6, 6.07) is 6.03. The number of aryl methyl sites for hydroxylation is 1. The monoisotopic (exact) mass is 272 g/mol. The predicted molar refractivity (Wildman–Crippen MR) is 66.3 cm³/mol. The molecule has 0 radical (unpaired) electrons. The first-order valence-electron chi connectivity index (χ1n) is 5.08. The fourth-order valence-corrected chi connectivity index (χ4v) is 1.83. The van der Waals surface area contributed by atoms with Crippen molar-refractivity contribution in [1.82, 2.24) is 0 Å². The highest BCUT2D eigenvalue weighted by atomic mass is 79.9. The van der Waals surface area contributed by atoms with E-state index in [4.69, 9.17) is 9.47 Å². The van der Waals surface area contributed by atoms with E-state index in [1.807, 2.05) is 6.07 Å². The fourth-order valence-electron chi connectivity index (χ4n) is 1.43. The van der Waals surface area contributed by atoms with Crippen LogP contribution < -0.4 is 9.47 Å². The van der Waals surface area contributed by atoms with Crippen molar-refractivity contribution < 1.29 is 9.47 Å². The van der Waals surface area contributed by atoms with Crippen LogP contribution in [0.4, 0.5) is 0 Å². The Kier molecular flexibility index (Phi) is 5.54. The zero-order chi connectivity index (χ0) is 11.1. The van der Waals surface area contributed by atoms with Gasteiger partial charge in [0.25, 0.3) is 0 Å². The summed E-state index contributed by atoms with van der Waals surface area (Å²) >= 11 is 3.43. The molecule has 0 bridgehead atoms. The maximum Gasteiger partial charge on any atom is 0.122 e. The number of ether oxygens (including phenoxy) is 2. The maximum absolute atomic E-state index is 5.21. The van der Waals surface area contributed by atoms with Gasteiger partial charge in [-0.05, 0) is 37.0 Å². The zero-order valence-corrected chi connectivity index (χ0v) is 10.8. The summed E-state index contributed by atoms with van der Waals surface area (Å²) in [5.74, 6) is 1.73. The summed E-state index contributed by atoms with van der Waals surface area (Å²) in [7, 11) is 3.36. The van der Waals surface area contributed by atoms with E-state index in [0.717, 1.165) is 23.2 Å². The predicted octanol–water partition coefficient (Wildman–Crippen LogP) is 3.42. The highest BCUT2D eigenvalue weighted by molar-refractivity contribution is 9.09. The summed E-state index contributed by atoms with van der Waals surface area (Å²) in [4.78, 5) is 0. The molecule has 0 aliphatic carbocycles. The maximum atomic E-state index is 5.21. The number of hydrogen-bond acceptors (Lipinski definition) is 2. The van der Waals surface area contributed by atoms with Crippen molar-refractivity contribution in [3.8, 4) is 11.5 Å². The second kappa shape index (κ2) is 6.72. The molecule has 0 saturated heterocycles. The molecule has 0 unspecified atom stereocenters. The second-order valence-electron chi connectivity index (χ2n) is 3.37. The molecule has 0 spiro atoms. The van der Waals surface area contributed by atoms with Gasteiger partial charge < -0.3 is 9.47 Å². The van der Waals surface area contributed by atoms with Gasteiger partial charge in [-0.3, -0.25) is 0 Å². The van der Waals surface area contributed by atoms with E-state index >= 15 is 0 Å². The average Bonchev–Trinajstić information content (AvgIpc) is 2.29. The lowest BCUT2D eigenvalue weighted by Gasteiger charge is -2.07. The van der Waals surface area contributed by atoms with Gasteiger partial charge >= 0.3 is 0 Å². The van der Waals surface area contributed by atoms with Crippen LogP contribution in [0.15, 0.2) is 18.2 Å². The van der Waals surface area contributed by atoms with Crippen LogP contribution in [0.5, 0.6) is 11.5 Å². The summed E-state index contributed by atoms with van der Waals surface area (Å²) in [5, 5.41) is 1.06. The van der Waals surface area contributed by atoms with Gasteiger partial charge in [0, 0.05) is 11.4 Å². The van der Waals surface area contributed by atoms with E-state index in [1.54, 1.807) is 14.2 Å². The van der Waals surface area contributed by atoms with E-state index in [0.29, 0.717) is 0 Å². The summed E-state index contributed by atoms with van der Waals surface area (Å²) < 4.78 is 10.4.